The van der Waals surface area contributed by atoms with Crippen LogP contribution in [0.15, 0.2) is 59.7 Å². The number of thiophene rings is 1. The Labute approximate surface area is 210 Å². The summed E-state index contributed by atoms with van der Waals surface area (Å²) in [5.41, 5.74) is 1.36. The lowest BCUT2D eigenvalue weighted by molar-refractivity contribution is -0.116. The highest BCUT2D eigenvalue weighted by Gasteiger charge is 2.21. The average Bonchev–Trinajstić information content (AvgIpc) is 3.19. The Hall–Kier alpha value is -3.69. The van der Waals surface area contributed by atoms with Crippen LogP contribution in [-0.2, 0) is 16.1 Å². The molecule has 1 N–H and O–H groups in total. The topological polar surface area (TPSA) is 99.5 Å². The van der Waals surface area contributed by atoms with Crippen molar-refractivity contribution in [3.63, 3.8) is 0 Å². The molecule has 8 nitrogen and oxygen atoms in total. The molecule has 0 aliphatic carbocycles. The van der Waals surface area contributed by atoms with Crippen LogP contribution in [0.4, 0.5) is 5.69 Å². The third-order valence-corrected chi connectivity index (χ3v) is 6.88. The largest absolute Gasteiger partial charge is 0.490 e. The lowest BCUT2D eigenvalue weighted by Gasteiger charge is -2.10. The Bertz CT molecular complexity index is 1450. The summed E-state index contributed by atoms with van der Waals surface area (Å²) in [5, 5.41) is 3.58. The van der Waals surface area contributed by atoms with Crippen molar-refractivity contribution in [1.82, 2.24) is 9.55 Å². The molecule has 4 aromatic rings. The molecule has 0 saturated carbocycles. The van der Waals surface area contributed by atoms with Gasteiger partial charge in [-0.2, -0.15) is 0 Å². The normalized spacial score (nSPS) is 10.8. The Morgan fingerprint density at radius 2 is 1.83 bits per heavy atom. The standard InChI is InChI=1S/C25H22ClN3O5S/c1-15-18(26)9-6-10-19(15)28-20(30)13-29-14-27-23-21(24(29)31)16(2)22(35-23)25(32)34-12-11-33-17-7-4-3-5-8-17/h3-10,14H,11-13H2,1-2H3,(H,28,30). The molecule has 0 bridgehead atoms. The van der Waals surface area contributed by atoms with E-state index in [1.807, 2.05) is 30.3 Å². The average molecular weight is 512 g/mol. The van der Waals surface area contributed by atoms with E-state index >= 15 is 0 Å². The van der Waals surface area contributed by atoms with E-state index in [4.69, 9.17) is 21.1 Å². The first-order chi connectivity index (χ1) is 16.8. The Kier molecular flexibility index (Phi) is 7.48. The van der Waals surface area contributed by atoms with Crippen LogP contribution in [-0.4, -0.2) is 34.6 Å². The summed E-state index contributed by atoms with van der Waals surface area (Å²) in [6.07, 6.45) is 1.30. The van der Waals surface area contributed by atoms with Crippen molar-refractivity contribution >= 4 is 50.7 Å². The quantitative estimate of drug-likeness (QED) is 0.274. The zero-order valence-corrected chi connectivity index (χ0v) is 20.6. The van der Waals surface area contributed by atoms with Gasteiger partial charge in [0.25, 0.3) is 5.56 Å². The van der Waals surface area contributed by atoms with E-state index in [0.29, 0.717) is 31.7 Å². The van der Waals surface area contributed by atoms with Crippen LogP contribution >= 0.6 is 22.9 Å². The molecule has 2 aromatic carbocycles. The molecule has 0 spiro atoms. The van der Waals surface area contributed by atoms with Gasteiger partial charge >= 0.3 is 5.97 Å². The van der Waals surface area contributed by atoms with E-state index in [2.05, 4.69) is 10.3 Å². The van der Waals surface area contributed by atoms with Crippen molar-refractivity contribution < 1.29 is 19.1 Å². The second-order valence-electron chi connectivity index (χ2n) is 7.67. The molecule has 2 heterocycles. The van der Waals surface area contributed by atoms with Gasteiger partial charge in [0.1, 0.15) is 35.2 Å². The van der Waals surface area contributed by atoms with Crippen LogP contribution in [0, 0.1) is 13.8 Å². The lowest BCUT2D eigenvalue weighted by atomic mass is 10.2. The van der Waals surface area contributed by atoms with Gasteiger partial charge in [0.05, 0.1) is 11.7 Å². The van der Waals surface area contributed by atoms with Gasteiger partial charge in [-0.05, 0) is 49.2 Å². The Balaban J connectivity index is 1.44. The number of aryl methyl sites for hydroxylation is 1. The number of rotatable bonds is 8. The van der Waals surface area contributed by atoms with Gasteiger partial charge in [0.15, 0.2) is 0 Å². The van der Waals surface area contributed by atoms with Crippen molar-refractivity contribution in [2.24, 2.45) is 0 Å². The number of amides is 1. The first kappa shape index (κ1) is 24.4. The van der Waals surface area contributed by atoms with E-state index in [1.54, 1.807) is 32.0 Å². The van der Waals surface area contributed by atoms with Crippen LogP contribution in [0.25, 0.3) is 10.2 Å². The number of carbonyl (C=O) groups is 2. The summed E-state index contributed by atoms with van der Waals surface area (Å²) in [5.74, 6) is -0.271. The summed E-state index contributed by atoms with van der Waals surface area (Å²) >= 11 is 7.18. The Morgan fingerprint density at radius 3 is 2.60 bits per heavy atom. The van der Waals surface area contributed by atoms with E-state index in [9.17, 15) is 14.4 Å². The third kappa shape index (κ3) is 5.52. The van der Waals surface area contributed by atoms with Crippen molar-refractivity contribution in [3.8, 4) is 5.75 Å². The highest BCUT2D eigenvalue weighted by Crippen LogP contribution is 2.27. The molecule has 0 fully saturated rings. The smallest absolute Gasteiger partial charge is 0.348 e. The van der Waals surface area contributed by atoms with Gasteiger partial charge in [0, 0.05) is 10.7 Å². The van der Waals surface area contributed by atoms with Gasteiger partial charge in [0.2, 0.25) is 5.91 Å². The van der Waals surface area contributed by atoms with Crippen molar-refractivity contribution in [2.45, 2.75) is 20.4 Å². The van der Waals surface area contributed by atoms with E-state index in [1.165, 1.54) is 10.9 Å². The van der Waals surface area contributed by atoms with Crippen LogP contribution in [0.1, 0.15) is 20.8 Å². The van der Waals surface area contributed by atoms with Crippen molar-refractivity contribution in [3.05, 3.63) is 86.2 Å². The minimum Gasteiger partial charge on any atom is -0.490 e. The number of nitrogens with zero attached hydrogens (tertiary/aromatic N) is 2. The second kappa shape index (κ2) is 10.7. The number of carbonyl (C=O) groups excluding carboxylic acids is 2. The van der Waals surface area contributed by atoms with E-state index in [0.717, 1.165) is 16.9 Å². The number of para-hydroxylation sites is 1. The van der Waals surface area contributed by atoms with Gasteiger partial charge < -0.3 is 14.8 Å². The summed E-state index contributed by atoms with van der Waals surface area (Å²) in [6, 6.07) is 14.4. The van der Waals surface area contributed by atoms with Gasteiger partial charge in [-0.1, -0.05) is 35.9 Å². The number of fused-ring (bicyclic) bond motifs is 1. The van der Waals surface area contributed by atoms with Crippen molar-refractivity contribution in [1.29, 1.82) is 0 Å². The maximum Gasteiger partial charge on any atom is 0.348 e. The summed E-state index contributed by atoms with van der Waals surface area (Å²) in [4.78, 5) is 43.2. The minimum atomic E-state index is -0.553. The first-order valence-corrected chi connectivity index (χ1v) is 11.9. The molecule has 0 aliphatic heterocycles. The highest BCUT2D eigenvalue weighted by atomic mass is 35.5. The number of ether oxygens (including phenoxy) is 2. The number of anilines is 1. The molecular formula is C25H22ClN3O5S. The van der Waals surface area contributed by atoms with Crippen molar-refractivity contribution in [2.75, 3.05) is 18.5 Å². The second-order valence-corrected chi connectivity index (χ2v) is 9.08. The number of hydrogen-bond donors (Lipinski definition) is 1. The fourth-order valence-corrected chi connectivity index (χ4v) is 4.64. The Morgan fingerprint density at radius 1 is 1.06 bits per heavy atom. The molecule has 1 amide bonds. The SMILES string of the molecule is Cc1c(Cl)cccc1NC(=O)Cn1cnc2sc(C(=O)OCCOc3ccccc3)c(C)c2c1=O. The monoisotopic (exact) mass is 511 g/mol. The number of nitrogens with one attached hydrogen (secondary N) is 1. The zero-order valence-electron chi connectivity index (χ0n) is 19.0. The molecule has 0 atom stereocenters. The van der Waals surface area contributed by atoms with Crippen LogP contribution < -0.4 is 15.6 Å². The number of benzene rings is 2. The molecule has 0 saturated heterocycles. The van der Waals surface area contributed by atoms with Crippen LogP contribution in [0.3, 0.4) is 0 Å². The van der Waals surface area contributed by atoms with Gasteiger partial charge in [-0.3, -0.25) is 14.2 Å². The van der Waals surface area contributed by atoms with E-state index in [-0.39, 0.29) is 25.1 Å². The number of aromatic nitrogens is 2. The fraction of sp³-hybridized carbons (Fsp3) is 0.200. The number of hydrogen-bond acceptors (Lipinski definition) is 7. The third-order valence-electron chi connectivity index (χ3n) is 5.29. The zero-order chi connectivity index (χ0) is 24.9. The molecule has 35 heavy (non-hydrogen) atoms. The maximum atomic E-state index is 13.1. The molecule has 0 unspecified atom stereocenters. The minimum absolute atomic E-state index is 0.0577. The number of esters is 1. The molecule has 10 heteroatoms. The van der Waals surface area contributed by atoms with Gasteiger partial charge in [-0.25, -0.2) is 9.78 Å². The van der Waals surface area contributed by atoms with Gasteiger partial charge in [-0.15, -0.1) is 11.3 Å². The predicted molar refractivity (Wildman–Crippen MR) is 136 cm³/mol. The summed E-state index contributed by atoms with van der Waals surface area (Å²) in [7, 11) is 0. The van der Waals surface area contributed by atoms with Crippen LogP contribution in [0.5, 0.6) is 5.75 Å². The summed E-state index contributed by atoms with van der Waals surface area (Å²) in [6.45, 7) is 3.48. The highest BCUT2D eigenvalue weighted by molar-refractivity contribution is 7.20. The predicted octanol–water partition coefficient (Wildman–Crippen LogP) is 4.60. The van der Waals surface area contributed by atoms with Crippen LogP contribution in [0.2, 0.25) is 5.02 Å². The molecule has 0 aliphatic rings. The molecular weight excluding hydrogens is 490 g/mol. The van der Waals surface area contributed by atoms with E-state index < -0.39 is 17.4 Å². The number of halogens is 1. The molecule has 180 valence electrons. The molecule has 0 radical (unpaired) electrons. The lowest BCUT2D eigenvalue weighted by Crippen LogP contribution is -2.28. The fourth-order valence-electron chi connectivity index (χ4n) is 3.43. The molecule has 4 rings (SSSR count). The summed E-state index contributed by atoms with van der Waals surface area (Å²) < 4.78 is 12.1. The first-order valence-electron chi connectivity index (χ1n) is 10.7. The maximum absolute atomic E-state index is 13.1. The molecule has 2 aromatic heterocycles.